The molecule has 1 N–H and O–H groups in total. The number of aliphatic hydroxyl groups is 1. The summed E-state index contributed by atoms with van der Waals surface area (Å²) in [7, 11) is 1.78. The van der Waals surface area contributed by atoms with Crippen molar-refractivity contribution < 1.29 is 13.9 Å². The minimum absolute atomic E-state index is 0.0685. The first-order valence-electron chi connectivity index (χ1n) is 6.80. The molecule has 0 fully saturated rings. The summed E-state index contributed by atoms with van der Waals surface area (Å²) in [5.41, 5.74) is 1.56. The molecule has 2 rings (SSSR count). The molecule has 0 saturated carbocycles. The summed E-state index contributed by atoms with van der Waals surface area (Å²) in [5, 5.41) is 19.0. The van der Waals surface area contributed by atoms with Gasteiger partial charge in [0.1, 0.15) is 11.6 Å². The maximum absolute atomic E-state index is 13.6. The third-order valence-corrected chi connectivity index (χ3v) is 3.31. The van der Waals surface area contributed by atoms with E-state index >= 15 is 0 Å². The van der Waals surface area contributed by atoms with E-state index in [0.717, 1.165) is 17.7 Å². The highest BCUT2D eigenvalue weighted by Crippen LogP contribution is 2.19. The second-order valence-corrected chi connectivity index (χ2v) is 5.19. The lowest BCUT2D eigenvalue weighted by Gasteiger charge is -2.21. The maximum atomic E-state index is 13.6. The molecule has 1 unspecified atom stereocenters. The van der Waals surface area contributed by atoms with Crippen LogP contribution in [0.25, 0.3) is 0 Å². The van der Waals surface area contributed by atoms with E-state index in [9.17, 15) is 13.9 Å². The lowest BCUT2D eigenvalue weighted by molar-refractivity contribution is 0.120. The summed E-state index contributed by atoms with van der Waals surface area (Å²) in [6.45, 7) is 0.703. The first-order chi connectivity index (χ1) is 10.5. The van der Waals surface area contributed by atoms with Gasteiger partial charge in [0, 0.05) is 24.7 Å². The maximum Gasteiger partial charge on any atom is 0.131 e. The van der Waals surface area contributed by atoms with Crippen LogP contribution in [-0.2, 0) is 6.54 Å². The second-order valence-electron chi connectivity index (χ2n) is 5.19. The summed E-state index contributed by atoms with van der Waals surface area (Å²) in [4.78, 5) is 1.81. The van der Waals surface area contributed by atoms with Crippen LogP contribution in [0.1, 0.15) is 22.8 Å². The predicted molar refractivity (Wildman–Crippen MR) is 78.8 cm³/mol. The minimum atomic E-state index is -1.05. The molecule has 0 radical (unpaired) electrons. The van der Waals surface area contributed by atoms with Crippen LogP contribution in [0.15, 0.2) is 42.5 Å². The summed E-state index contributed by atoms with van der Waals surface area (Å²) in [5.74, 6) is -1.43. The fraction of sp³-hybridized carbons (Fsp3) is 0.235. The Morgan fingerprint density at radius 3 is 2.68 bits per heavy atom. The van der Waals surface area contributed by atoms with Gasteiger partial charge in [-0.15, -0.1) is 0 Å². The Kier molecular flexibility index (Phi) is 5.21. The van der Waals surface area contributed by atoms with Gasteiger partial charge in [-0.2, -0.15) is 5.26 Å². The van der Waals surface area contributed by atoms with Crippen molar-refractivity contribution in [2.75, 3.05) is 13.6 Å². The van der Waals surface area contributed by atoms with Crippen molar-refractivity contribution in [1.29, 1.82) is 5.26 Å². The number of hydrogen-bond acceptors (Lipinski definition) is 3. The van der Waals surface area contributed by atoms with Gasteiger partial charge in [0.25, 0.3) is 0 Å². The number of nitrogens with zero attached hydrogens (tertiary/aromatic N) is 2. The normalized spacial score (nSPS) is 12.2. The molecule has 22 heavy (non-hydrogen) atoms. The third-order valence-electron chi connectivity index (χ3n) is 3.31. The number of hydrogen-bond donors (Lipinski definition) is 1. The molecule has 0 aliphatic heterocycles. The van der Waals surface area contributed by atoms with Crippen LogP contribution in [-0.4, -0.2) is 23.6 Å². The van der Waals surface area contributed by atoms with Crippen molar-refractivity contribution in [3.63, 3.8) is 0 Å². The van der Waals surface area contributed by atoms with Gasteiger partial charge in [-0.25, -0.2) is 8.78 Å². The van der Waals surface area contributed by atoms with E-state index in [-0.39, 0.29) is 12.1 Å². The van der Waals surface area contributed by atoms with Gasteiger partial charge in [0.2, 0.25) is 0 Å². The van der Waals surface area contributed by atoms with E-state index in [2.05, 4.69) is 6.07 Å². The molecule has 1 atom stereocenters. The van der Waals surface area contributed by atoms with Gasteiger partial charge in [-0.3, -0.25) is 4.90 Å². The Bertz CT molecular complexity index is 697. The molecule has 0 aliphatic rings. The van der Waals surface area contributed by atoms with E-state index in [1.807, 2.05) is 11.0 Å². The van der Waals surface area contributed by atoms with E-state index in [4.69, 9.17) is 5.26 Å². The molecule has 0 aliphatic carbocycles. The zero-order valence-electron chi connectivity index (χ0n) is 12.1. The van der Waals surface area contributed by atoms with Crippen LogP contribution in [0.3, 0.4) is 0 Å². The Hall–Kier alpha value is -2.29. The van der Waals surface area contributed by atoms with Crippen molar-refractivity contribution in [3.8, 4) is 6.07 Å². The number of nitriles is 1. The molecule has 3 nitrogen and oxygen atoms in total. The number of rotatable bonds is 5. The average molecular weight is 302 g/mol. The van der Waals surface area contributed by atoms with Crippen LogP contribution in [0.5, 0.6) is 0 Å². The molecule has 2 aromatic rings. The molecule has 0 saturated heterocycles. The van der Waals surface area contributed by atoms with Gasteiger partial charge in [0.15, 0.2) is 0 Å². The van der Waals surface area contributed by atoms with Crippen LogP contribution < -0.4 is 0 Å². The molecule has 114 valence electrons. The van der Waals surface area contributed by atoms with E-state index in [0.29, 0.717) is 12.1 Å². The molecule has 0 bridgehead atoms. The van der Waals surface area contributed by atoms with Crippen LogP contribution in [0.4, 0.5) is 8.78 Å². The van der Waals surface area contributed by atoms with Gasteiger partial charge in [-0.1, -0.05) is 18.2 Å². The average Bonchev–Trinajstić information content (AvgIpc) is 2.47. The molecule has 0 amide bonds. The summed E-state index contributed by atoms with van der Waals surface area (Å²) in [6, 6.07) is 12.3. The fourth-order valence-electron chi connectivity index (χ4n) is 2.28. The zero-order chi connectivity index (χ0) is 16.1. The van der Waals surface area contributed by atoms with Crippen LogP contribution in [0.2, 0.25) is 0 Å². The third kappa shape index (κ3) is 4.10. The molecule has 0 spiro atoms. The molecular weight excluding hydrogens is 286 g/mol. The van der Waals surface area contributed by atoms with Gasteiger partial charge >= 0.3 is 0 Å². The van der Waals surface area contributed by atoms with Crippen LogP contribution in [0, 0.1) is 23.0 Å². The number of likely N-dealkylation sites (N-methyl/N-ethyl adjacent to an activating group) is 1. The quantitative estimate of drug-likeness (QED) is 0.923. The van der Waals surface area contributed by atoms with Gasteiger partial charge in [-0.05, 0) is 30.8 Å². The lowest BCUT2D eigenvalue weighted by atomic mass is 10.1. The SMILES string of the molecule is CN(Cc1cccc(C#N)c1)CC(O)c1ccc(F)cc1F. The molecule has 2 aromatic carbocycles. The number of aliphatic hydroxyl groups excluding tert-OH is 1. The highest BCUT2D eigenvalue weighted by Gasteiger charge is 2.15. The number of halogens is 2. The second kappa shape index (κ2) is 7.12. The topological polar surface area (TPSA) is 47.3 Å². The molecule has 0 aromatic heterocycles. The van der Waals surface area contributed by atoms with Crippen molar-refractivity contribution in [2.24, 2.45) is 0 Å². The predicted octanol–water partition coefficient (Wildman–Crippen LogP) is 3.00. The van der Waals surface area contributed by atoms with Crippen molar-refractivity contribution in [2.45, 2.75) is 12.6 Å². The largest absolute Gasteiger partial charge is 0.387 e. The Morgan fingerprint density at radius 1 is 1.23 bits per heavy atom. The van der Waals surface area contributed by atoms with E-state index in [1.54, 1.807) is 25.2 Å². The first-order valence-corrected chi connectivity index (χ1v) is 6.80. The highest BCUT2D eigenvalue weighted by atomic mass is 19.1. The Balaban J connectivity index is 2.01. The molecule has 5 heteroatoms. The highest BCUT2D eigenvalue weighted by molar-refractivity contribution is 5.32. The van der Waals surface area contributed by atoms with Crippen LogP contribution >= 0.6 is 0 Å². The summed E-state index contributed by atoms with van der Waals surface area (Å²) >= 11 is 0. The summed E-state index contributed by atoms with van der Waals surface area (Å²) in [6.07, 6.45) is -1.05. The van der Waals surface area contributed by atoms with E-state index in [1.165, 1.54) is 6.07 Å². The van der Waals surface area contributed by atoms with Gasteiger partial charge < -0.3 is 5.11 Å². The smallest absolute Gasteiger partial charge is 0.131 e. The standard InChI is InChI=1S/C17H16F2N2O/c1-21(10-13-4-2-3-12(7-13)9-20)11-17(22)15-6-5-14(18)8-16(15)19/h2-8,17,22H,10-11H2,1H3. The summed E-state index contributed by atoms with van der Waals surface area (Å²) < 4.78 is 26.5. The Morgan fingerprint density at radius 2 is 2.00 bits per heavy atom. The lowest BCUT2D eigenvalue weighted by Crippen LogP contribution is -2.24. The van der Waals surface area contributed by atoms with Gasteiger partial charge in [0.05, 0.1) is 17.7 Å². The minimum Gasteiger partial charge on any atom is -0.387 e. The first kappa shape index (κ1) is 16.1. The zero-order valence-corrected chi connectivity index (χ0v) is 12.1. The Labute approximate surface area is 128 Å². The number of benzene rings is 2. The molecular formula is C17H16F2N2O. The van der Waals surface area contributed by atoms with Crippen molar-refractivity contribution in [3.05, 3.63) is 70.8 Å². The fourth-order valence-corrected chi connectivity index (χ4v) is 2.28. The van der Waals surface area contributed by atoms with Crippen molar-refractivity contribution in [1.82, 2.24) is 4.90 Å². The van der Waals surface area contributed by atoms with Crippen molar-refractivity contribution >= 4 is 0 Å². The monoisotopic (exact) mass is 302 g/mol. The molecule has 0 heterocycles. The van der Waals surface area contributed by atoms with E-state index < -0.39 is 17.7 Å².